The predicted octanol–water partition coefficient (Wildman–Crippen LogP) is 2.53. The fourth-order valence-corrected chi connectivity index (χ4v) is 1.24. The van der Waals surface area contributed by atoms with E-state index in [-0.39, 0.29) is 0 Å². The number of hydrogen-bond acceptors (Lipinski definition) is 2. The number of nitriles is 1. The van der Waals surface area contributed by atoms with Gasteiger partial charge in [0, 0.05) is 12.6 Å². The lowest BCUT2D eigenvalue weighted by Crippen LogP contribution is -2.29. The summed E-state index contributed by atoms with van der Waals surface area (Å²) in [5.41, 5.74) is 1.90. The summed E-state index contributed by atoms with van der Waals surface area (Å²) in [6.45, 7) is 11.1. The molecule has 68 valence electrons. The highest BCUT2D eigenvalue weighted by Gasteiger charge is 2.11. The van der Waals surface area contributed by atoms with E-state index in [9.17, 15) is 0 Å². The Morgan fingerprint density at radius 3 is 2.00 bits per heavy atom. The molecular weight excluding hydrogens is 148 g/mol. The van der Waals surface area contributed by atoms with E-state index in [1.165, 1.54) is 0 Å². The molecule has 2 nitrogen and oxygen atoms in total. The van der Waals surface area contributed by atoms with Crippen LogP contribution in [0, 0.1) is 11.3 Å². The van der Waals surface area contributed by atoms with Gasteiger partial charge < -0.3 is 4.90 Å². The van der Waals surface area contributed by atoms with E-state index >= 15 is 0 Å². The van der Waals surface area contributed by atoms with Crippen molar-refractivity contribution in [2.75, 3.05) is 6.54 Å². The van der Waals surface area contributed by atoms with Crippen molar-refractivity contribution in [1.82, 2.24) is 4.90 Å². The summed E-state index contributed by atoms with van der Waals surface area (Å²) in [7, 11) is 0. The van der Waals surface area contributed by atoms with Crippen LogP contribution in [0.15, 0.2) is 11.3 Å². The van der Waals surface area contributed by atoms with Crippen LogP contribution in [-0.4, -0.2) is 17.5 Å². The van der Waals surface area contributed by atoms with Gasteiger partial charge in [0.25, 0.3) is 0 Å². The van der Waals surface area contributed by atoms with Gasteiger partial charge in [-0.2, -0.15) is 5.26 Å². The van der Waals surface area contributed by atoms with Crippen LogP contribution in [0.5, 0.6) is 0 Å². The van der Waals surface area contributed by atoms with E-state index in [1.54, 1.807) is 0 Å². The number of allylic oxidation sites excluding steroid dienone is 2. The molecule has 2 heteroatoms. The smallest absolute Gasteiger partial charge is 0.117 e. The fraction of sp³-hybridized carbons (Fsp3) is 0.700. The second-order valence-electron chi connectivity index (χ2n) is 3.34. The summed E-state index contributed by atoms with van der Waals surface area (Å²) in [5, 5.41) is 8.90. The van der Waals surface area contributed by atoms with Crippen LogP contribution in [0.3, 0.4) is 0 Å². The summed E-state index contributed by atoms with van der Waals surface area (Å²) in [6.07, 6.45) is 0. The van der Waals surface area contributed by atoms with Gasteiger partial charge >= 0.3 is 0 Å². The van der Waals surface area contributed by atoms with Crippen molar-refractivity contribution in [3.05, 3.63) is 11.3 Å². The molecule has 0 atom stereocenters. The topological polar surface area (TPSA) is 27.0 Å². The molecule has 0 bridgehead atoms. The zero-order valence-corrected chi connectivity index (χ0v) is 8.68. The first-order valence-corrected chi connectivity index (χ1v) is 4.38. The molecule has 0 aliphatic carbocycles. The highest BCUT2D eigenvalue weighted by molar-refractivity contribution is 5.24. The standard InChI is InChI=1S/C10H18N2/c1-6-12(9(4)5)10(7-11)8(2)3/h9H,6H2,1-5H3. The van der Waals surface area contributed by atoms with Gasteiger partial charge in [-0.25, -0.2) is 0 Å². The lowest BCUT2D eigenvalue weighted by molar-refractivity contribution is 0.307. The molecular formula is C10H18N2. The molecule has 0 amide bonds. The minimum Gasteiger partial charge on any atom is -0.361 e. The van der Waals surface area contributed by atoms with Gasteiger partial charge in [-0.3, -0.25) is 0 Å². The van der Waals surface area contributed by atoms with Crippen LogP contribution in [0.25, 0.3) is 0 Å². The van der Waals surface area contributed by atoms with Crippen LogP contribution < -0.4 is 0 Å². The van der Waals surface area contributed by atoms with Crippen LogP contribution in [0.4, 0.5) is 0 Å². The molecule has 0 fully saturated rings. The normalized spacial score (nSPS) is 9.42. The average Bonchev–Trinajstić information content (AvgIpc) is 1.98. The van der Waals surface area contributed by atoms with Crippen molar-refractivity contribution in [1.29, 1.82) is 5.26 Å². The van der Waals surface area contributed by atoms with Gasteiger partial charge in [-0.1, -0.05) is 0 Å². The van der Waals surface area contributed by atoms with Crippen molar-refractivity contribution in [2.24, 2.45) is 0 Å². The lowest BCUT2D eigenvalue weighted by Gasteiger charge is -2.27. The Morgan fingerprint density at radius 1 is 1.42 bits per heavy atom. The molecule has 0 heterocycles. The zero-order valence-electron chi connectivity index (χ0n) is 8.68. The second-order valence-corrected chi connectivity index (χ2v) is 3.34. The van der Waals surface area contributed by atoms with Crippen LogP contribution in [0.1, 0.15) is 34.6 Å². The van der Waals surface area contributed by atoms with Gasteiger partial charge in [0.2, 0.25) is 0 Å². The van der Waals surface area contributed by atoms with Gasteiger partial charge in [0.05, 0.1) is 0 Å². The first kappa shape index (κ1) is 11.0. The van der Waals surface area contributed by atoms with Crippen molar-refractivity contribution >= 4 is 0 Å². The first-order valence-electron chi connectivity index (χ1n) is 4.38. The molecule has 0 rings (SSSR count). The Hall–Kier alpha value is -0.970. The SMILES string of the molecule is CCN(C(C#N)=C(C)C)C(C)C. The summed E-state index contributed by atoms with van der Waals surface area (Å²) in [4.78, 5) is 2.11. The highest BCUT2D eigenvalue weighted by Crippen LogP contribution is 2.12. The van der Waals surface area contributed by atoms with E-state index in [0.717, 1.165) is 17.8 Å². The van der Waals surface area contributed by atoms with Crippen molar-refractivity contribution in [2.45, 2.75) is 40.7 Å². The molecule has 0 saturated heterocycles. The molecule has 12 heavy (non-hydrogen) atoms. The monoisotopic (exact) mass is 166 g/mol. The largest absolute Gasteiger partial charge is 0.361 e. The summed E-state index contributed by atoms with van der Waals surface area (Å²) in [6, 6.07) is 2.64. The molecule has 0 aliphatic heterocycles. The predicted molar refractivity (Wildman–Crippen MR) is 51.5 cm³/mol. The van der Waals surface area contributed by atoms with E-state index < -0.39 is 0 Å². The van der Waals surface area contributed by atoms with E-state index in [2.05, 4.69) is 31.7 Å². The Labute approximate surface area is 75.5 Å². The Bertz CT molecular complexity index is 204. The first-order chi connectivity index (χ1) is 5.54. The van der Waals surface area contributed by atoms with Gasteiger partial charge in [-0.15, -0.1) is 0 Å². The molecule has 0 N–H and O–H groups in total. The number of rotatable bonds is 3. The van der Waals surface area contributed by atoms with E-state index in [0.29, 0.717) is 6.04 Å². The minimum atomic E-state index is 0.402. The maximum atomic E-state index is 8.90. The van der Waals surface area contributed by atoms with Crippen molar-refractivity contribution < 1.29 is 0 Å². The average molecular weight is 166 g/mol. The van der Waals surface area contributed by atoms with Gasteiger partial charge in [0.1, 0.15) is 11.8 Å². The zero-order chi connectivity index (χ0) is 9.72. The number of nitrogens with zero attached hydrogens (tertiary/aromatic N) is 2. The van der Waals surface area contributed by atoms with Crippen LogP contribution in [0.2, 0.25) is 0 Å². The molecule has 0 saturated carbocycles. The van der Waals surface area contributed by atoms with E-state index in [4.69, 9.17) is 5.26 Å². The molecule has 0 unspecified atom stereocenters. The molecule has 0 aromatic carbocycles. The molecule has 0 aliphatic rings. The number of hydrogen-bond donors (Lipinski definition) is 0. The lowest BCUT2D eigenvalue weighted by atomic mass is 10.2. The summed E-state index contributed by atoms with van der Waals surface area (Å²) in [5.74, 6) is 0. The Morgan fingerprint density at radius 2 is 1.92 bits per heavy atom. The maximum absolute atomic E-state index is 8.90. The summed E-state index contributed by atoms with van der Waals surface area (Å²) < 4.78 is 0. The third-order valence-electron chi connectivity index (χ3n) is 1.83. The maximum Gasteiger partial charge on any atom is 0.117 e. The fourth-order valence-electron chi connectivity index (χ4n) is 1.24. The van der Waals surface area contributed by atoms with Gasteiger partial charge in [0.15, 0.2) is 0 Å². The third-order valence-corrected chi connectivity index (χ3v) is 1.83. The van der Waals surface area contributed by atoms with Crippen molar-refractivity contribution in [3.63, 3.8) is 0 Å². The summed E-state index contributed by atoms with van der Waals surface area (Å²) >= 11 is 0. The molecule has 0 aromatic heterocycles. The highest BCUT2D eigenvalue weighted by atomic mass is 15.2. The van der Waals surface area contributed by atoms with Crippen molar-refractivity contribution in [3.8, 4) is 6.07 Å². The second kappa shape index (κ2) is 4.82. The quantitative estimate of drug-likeness (QED) is 0.602. The van der Waals surface area contributed by atoms with Crippen LogP contribution >= 0.6 is 0 Å². The minimum absolute atomic E-state index is 0.402. The third kappa shape index (κ3) is 2.58. The van der Waals surface area contributed by atoms with Crippen LogP contribution in [-0.2, 0) is 0 Å². The molecule has 0 spiro atoms. The van der Waals surface area contributed by atoms with E-state index in [1.807, 2.05) is 13.8 Å². The Kier molecular flexibility index (Phi) is 4.43. The Balaban J connectivity index is 4.73. The van der Waals surface area contributed by atoms with Gasteiger partial charge in [-0.05, 0) is 40.2 Å². The molecule has 0 radical (unpaired) electrons. The molecule has 0 aromatic rings.